The Balaban J connectivity index is 1.70. The molecule has 6 nitrogen and oxygen atoms in total. The molecule has 1 N–H and O–H groups in total. The summed E-state index contributed by atoms with van der Waals surface area (Å²) in [6.07, 6.45) is 0.334. The lowest BCUT2D eigenvalue weighted by molar-refractivity contribution is -0.117. The number of amides is 2. The first-order valence-electron chi connectivity index (χ1n) is 7.32. The lowest BCUT2D eigenvalue weighted by Crippen LogP contribution is -2.26. The molecule has 0 spiro atoms. The molecule has 0 radical (unpaired) electrons. The lowest BCUT2D eigenvalue weighted by atomic mass is 10.1. The Hall–Kier alpha value is -1.41. The van der Waals surface area contributed by atoms with Crippen LogP contribution in [0.25, 0.3) is 0 Å². The van der Waals surface area contributed by atoms with E-state index < -0.39 is 9.70 Å². The summed E-state index contributed by atoms with van der Waals surface area (Å²) in [4.78, 5) is 25.7. The molecule has 1 unspecified atom stereocenters. The number of halogens is 3. The van der Waals surface area contributed by atoms with Gasteiger partial charge in [0.05, 0.1) is 0 Å². The third-order valence-corrected chi connectivity index (χ3v) is 5.25. The maximum atomic E-state index is 12.3. The minimum atomic E-state index is -2.07. The average Bonchev–Trinajstić information content (AvgIpc) is 3.14. The van der Waals surface area contributed by atoms with E-state index in [4.69, 9.17) is 34.8 Å². The number of benzene rings is 1. The van der Waals surface area contributed by atoms with Gasteiger partial charge in [-0.15, -0.1) is 10.2 Å². The number of alkyl halides is 3. The van der Waals surface area contributed by atoms with E-state index in [2.05, 4.69) is 15.5 Å². The molecule has 1 saturated heterocycles. The Morgan fingerprint density at radius 1 is 1.28 bits per heavy atom. The minimum absolute atomic E-state index is 0.0240. The van der Waals surface area contributed by atoms with Crippen molar-refractivity contribution >= 4 is 68.8 Å². The fraction of sp³-hybridized carbons (Fsp3) is 0.333. The number of nitrogens with one attached hydrogen (secondary N) is 1. The van der Waals surface area contributed by atoms with Crippen LogP contribution >= 0.6 is 46.1 Å². The van der Waals surface area contributed by atoms with Gasteiger partial charge in [-0.1, -0.05) is 63.8 Å². The second-order valence-electron chi connectivity index (χ2n) is 5.64. The van der Waals surface area contributed by atoms with Gasteiger partial charge in [-0.3, -0.25) is 14.9 Å². The Morgan fingerprint density at radius 2 is 1.96 bits per heavy atom. The van der Waals surface area contributed by atoms with Crippen LogP contribution in [-0.2, 0) is 9.59 Å². The summed E-state index contributed by atoms with van der Waals surface area (Å²) in [6, 6.07) is 7.77. The van der Waals surface area contributed by atoms with Crippen molar-refractivity contribution in [3.63, 3.8) is 0 Å². The number of rotatable bonds is 3. The number of anilines is 2. The van der Waals surface area contributed by atoms with Crippen LogP contribution in [0, 0.1) is 6.92 Å². The zero-order chi connectivity index (χ0) is 18.2. The molecule has 0 aliphatic carbocycles. The monoisotopic (exact) mass is 418 g/mol. The summed E-state index contributed by atoms with van der Waals surface area (Å²) in [5.74, 6) is -0.871. The number of hydrogen-bond donors (Lipinski definition) is 1. The van der Waals surface area contributed by atoms with Crippen molar-refractivity contribution in [1.29, 1.82) is 0 Å². The van der Waals surface area contributed by atoms with Gasteiger partial charge in [0.2, 0.25) is 11.0 Å². The number of nitrogens with zero attached hydrogens (tertiary/aromatic N) is 3. The van der Waals surface area contributed by atoms with Crippen LogP contribution in [-0.4, -0.2) is 32.3 Å². The maximum absolute atomic E-state index is 12.3. The van der Waals surface area contributed by atoms with E-state index in [1.165, 1.54) is 11.3 Å². The van der Waals surface area contributed by atoms with Crippen molar-refractivity contribution < 1.29 is 9.59 Å². The smallest absolute Gasteiger partial charge is 0.278 e. The van der Waals surface area contributed by atoms with Crippen LogP contribution < -0.4 is 10.2 Å². The summed E-state index contributed by atoms with van der Waals surface area (Å²) < 4.78 is -2.07. The van der Waals surface area contributed by atoms with E-state index in [0.717, 1.165) is 11.3 Å². The summed E-state index contributed by atoms with van der Waals surface area (Å²) in [5, 5.41) is 11.2. The number of carbonyl (C=O) groups excluding carboxylic acids is 2. The van der Waals surface area contributed by atoms with E-state index in [-0.39, 0.29) is 17.0 Å². The van der Waals surface area contributed by atoms with Gasteiger partial charge in [0.25, 0.3) is 9.70 Å². The molecule has 0 saturated carbocycles. The summed E-state index contributed by atoms with van der Waals surface area (Å²) in [7, 11) is 0. The fourth-order valence-corrected chi connectivity index (χ4v) is 3.44. The molecular weight excluding hydrogens is 407 g/mol. The van der Waals surface area contributed by atoms with Crippen molar-refractivity contribution in [2.75, 3.05) is 16.8 Å². The van der Waals surface area contributed by atoms with Crippen molar-refractivity contribution in [3.05, 3.63) is 34.8 Å². The first-order valence-corrected chi connectivity index (χ1v) is 9.27. The molecule has 132 valence electrons. The van der Waals surface area contributed by atoms with Crippen molar-refractivity contribution in [2.45, 2.75) is 23.1 Å². The predicted octanol–water partition coefficient (Wildman–Crippen LogP) is 3.68. The summed E-state index contributed by atoms with van der Waals surface area (Å²) in [5.41, 5.74) is 1.98. The number of carbonyl (C=O) groups is 2. The molecule has 2 amide bonds. The Bertz CT molecular complexity index is 804. The van der Waals surface area contributed by atoms with Crippen LogP contribution in [0.3, 0.4) is 0 Å². The molecule has 2 aromatic rings. The predicted molar refractivity (Wildman–Crippen MR) is 99.7 cm³/mol. The van der Waals surface area contributed by atoms with Gasteiger partial charge in [0.15, 0.2) is 0 Å². The van der Waals surface area contributed by atoms with Crippen LogP contribution in [0.15, 0.2) is 24.3 Å². The van der Waals surface area contributed by atoms with Gasteiger partial charge >= 0.3 is 0 Å². The topological polar surface area (TPSA) is 75.2 Å². The second-order valence-corrected chi connectivity index (χ2v) is 8.93. The van der Waals surface area contributed by atoms with Gasteiger partial charge in [-0.25, -0.2) is 0 Å². The van der Waals surface area contributed by atoms with Crippen molar-refractivity contribution in [3.8, 4) is 0 Å². The molecule has 1 aromatic carbocycles. The molecule has 1 aromatic heterocycles. The third kappa shape index (κ3) is 4.23. The van der Waals surface area contributed by atoms with Crippen LogP contribution in [0.5, 0.6) is 0 Å². The number of aryl methyl sites for hydroxylation is 1. The zero-order valence-corrected chi connectivity index (χ0v) is 16.1. The normalized spacial score (nSPS) is 17.8. The molecule has 1 aliphatic heterocycles. The van der Waals surface area contributed by atoms with Gasteiger partial charge in [0, 0.05) is 24.6 Å². The molecule has 0 bridgehead atoms. The van der Waals surface area contributed by atoms with Crippen LogP contribution in [0.2, 0.25) is 0 Å². The van der Waals surface area contributed by atoms with Gasteiger partial charge in [-0.2, -0.15) is 0 Å². The molecule has 1 atom stereocenters. The summed E-state index contributed by atoms with van der Waals surface area (Å²) >= 11 is 17.7. The molecule has 2 heterocycles. The second kappa shape index (κ2) is 7.07. The van der Waals surface area contributed by atoms with Gasteiger partial charge in [-0.05, 0) is 19.1 Å². The highest BCUT2D eigenvalue weighted by Crippen LogP contribution is 2.35. The van der Waals surface area contributed by atoms with E-state index in [1.807, 2.05) is 31.2 Å². The highest BCUT2D eigenvalue weighted by molar-refractivity contribution is 7.15. The molecule has 25 heavy (non-hydrogen) atoms. The first kappa shape index (κ1) is 18.4. The van der Waals surface area contributed by atoms with E-state index in [9.17, 15) is 9.59 Å². The lowest BCUT2D eigenvalue weighted by Gasteiger charge is -2.16. The quantitative estimate of drug-likeness (QED) is 0.770. The average molecular weight is 420 g/mol. The standard InChI is InChI=1S/C15H13Cl3N4O2S/c1-8-2-4-10(5-3-8)22-7-9(6-11(22)23)12-20-21-14(25-12)19-13(24)15(16,17)18/h2-5,9H,6-7H2,1H3,(H,19,21,24). The molecule has 1 fully saturated rings. The van der Waals surface area contributed by atoms with Gasteiger partial charge < -0.3 is 4.90 Å². The molecule has 1 aliphatic rings. The van der Waals surface area contributed by atoms with E-state index >= 15 is 0 Å². The largest absolute Gasteiger partial charge is 0.312 e. The fourth-order valence-electron chi connectivity index (χ4n) is 2.47. The molecule has 10 heteroatoms. The Labute approximate surface area is 163 Å². The van der Waals surface area contributed by atoms with Gasteiger partial charge in [0.1, 0.15) is 5.01 Å². The van der Waals surface area contributed by atoms with E-state index in [0.29, 0.717) is 18.0 Å². The van der Waals surface area contributed by atoms with E-state index in [1.54, 1.807) is 4.90 Å². The van der Waals surface area contributed by atoms with Crippen LogP contribution in [0.1, 0.15) is 22.9 Å². The van der Waals surface area contributed by atoms with Crippen molar-refractivity contribution in [2.24, 2.45) is 0 Å². The summed E-state index contributed by atoms with van der Waals surface area (Å²) in [6.45, 7) is 2.50. The SMILES string of the molecule is Cc1ccc(N2CC(c3nnc(NC(=O)C(Cl)(Cl)Cl)s3)CC2=O)cc1. The Morgan fingerprint density at radius 3 is 2.60 bits per heavy atom. The zero-order valence-electron chi connectivity index (χ0n) is 13.0. The maximum Gasteiger partial charge on any atom is 0.278 e. The minimum Gasteiger partial charge on any atom is -0.312 e. The highest BCUT2D eigenvalue weighted by Gasteiger charge is 2.35. The first-order chi connectivity index (χ1) is 11.7. The number of hydrogen-bond acceptors (Lipinski definition) is 5. The number of aromatic nitrogens is 2. The van der Waals surface area contributed by atoms with Crippen LogP contribution in [0.4, 0.5) is 10.8 Å². The highest BCUT2D eigenvalue weighted by atomic mass is 35.6. The third-order valence-electron chi connectivity index (χ3n) is 3.74. The molecular formula is C15H13Cl3N4O2S. The molecule has 3 rings (SSSR count). The Kier molecular flexibility index (Phi) is 5.20. The van der Waals surface area contributed by atoms with Crippen molar-refractivity contribution in [1.82, 2.24) is 10.2 Å².